The largest absolute Gasteiger partial charge is 0.292 e. The predicted octanol–water partition coefficient (Wildman–Crippen LogP) is 10.5. The van der Waals surface area contributed by atoms with Crippen LogP contribution in [0.4, 0.5) is 0 Å². The summed E-state index contributed by atoms with van der Waals surface area (Å²) in [5, 5.41) is 3.85. The van der Waals surface area contributed by atoms with Crippen molar-refractivity contribution in [3.05, 3.63) is 114 Å². The van der Waals surface area contributed by atoms with E-state index < -0.39 is 0 Å². The van der Waals surface area contributed by atoms with Gasteiger partial charge in [-0.05, 0) is 75.8 Å². The van der Waals surface area contributed by atoms with E-state index in [0.717, 1.165) is 16.9 Å². The minimum atomic E-state index is 0.333. The summed E-state index contributed by atoms with van der Waals surface area (Å²) in [6.45, 7) is 9.24. The molecule has 0 saturated heterocycles. The maximum Gasteiger partial charge on any atom is 0.147 e. The minimum Gasteiger partial charge on any atom is -0.292 e. The van der Waals surface area contributed by atoms with Gasteiger partial charge in [0, 0.05) is 25.7 Å². The first-order valence-corrected chi connectivity index (χ1v) is 15.7. The zero-order valence-electron chi connectivity index (χ0n) is 23.8. The van der Waals surface area contributed by atoms with Crippen molar-refractivity contribution < 1.29 is 0 Å². The summed E-state index contributed by atoms with van der Waals surface area (Å²) in [7, 11) is 2.93. The van der Waals surface area contributed by atoms with Crippen molar-refractivity contribution in [2.45, 2.75) is 39.5 Å². The molecule has 7 rings (SSSR count). The van der Waals surface area contributed by atoms with Crippen LogP contribution in [0.15, 0.2) is 103 Å². The van der Waals surface area contributed by atoms with Crippen molar-refractivity contribution in [3.63, 3.8) is 0 Å². The van der Waals surface area contributed by atoms with Crippen molar-refractivity contribution in [2.24, 2.45) is 0 Å². The van der Waals surface area contributed by atoms with E-state index in [1.807, 2.05) is 11.3 Å². The highest BCUT2D eigenvalue weighted by atomic mass is 32.1. The van der Waals surface area contributed by atoms with Gasteiger partial charge in [-0.2, -0.15) is 0 Å². The third-order valence-corrected chi connectivity index (χ3v) is 9.79. The first kappa shape index (κ1) is 26.1. The molecule has 41 heavy (non-hydrogen) atoms. The van der Waals surface area contributed by atoms with Crippen LogP contribution >= 0.6 is 20.6 Å². The molecule has 2 heterocycles. The van der Waals surface area contributed by atoms with Gasteiger partial charge in [0.2, 0.25) is 0 Å². The average molecular weight is 569 g/mol. The Bertz CT molecular complexity index is 2040. The average Bonchev–Trinajstić information content (AvgIpc) is 3.56. The monoisotopic (exact) mass is 568 g/mol. The van der Waals surface area contributed by atoms with E-state index in [1.54, 1.807) is 0 Å². The van der Waals surface area contributed by atoms with Crippen LogP contribution in [-0.4, -0.2) is 9.55 Å². The minimum absolute atomic E-state index is 0.333. The van der Waals surface area contributed by atoms with Gasteiger partial charge < -0.3 is 0 Å². The molecule has 0 aliphatic carbocycles. The van der Waals surface area contributed by atoms with Crippen LogP contribution in [0.5, 0.6) is 0 Å². The highest BCUT2D eigenvalue weighted by molar-refractivity contribution is 7.31. The Morgan fingerprint density at radius 2 is 1.39 bits per heavy atom. The topological polar surface area (TPSA) is 17.8 Å². The lowest BCUT2D eigenvalue weighted by molar-refractivity contribution is 0.812. The molecule has 2 nitrogen and oxygen atoms in total. The molecule has 7 aromatic rings. The summed E-state index contributed by atoms with van der Waals surface area (Å²) in [6, 6.07) is 37.4. The third-order valence-electron chi connectivity index (χ3n) is 8.10. The second kappa shape index (κ2) is 10.2. The van der Waals surface area contributed by atoms with Gasteiger partial charge in [-0.1, -0.05) is 94.4 Å². The molecule has 5 aromatic carbocycles. The molecule has 0 bridgehead atoms. The van der Waals surface area contributed by atoms with Crippen molar-refractivity contribution >= 4 is 57.1 Å². The number of rotatable bonds is 5. The molecule has 2 aromatic heterocycles. The van der Waals surface area contributed by atoms with Crippen LogP contribution in [0.2, 0.25) is 0 Å². The summed E-state index contributed by atoms with van der Waals surface area (Å²) in [6.07, 6.45) is 0. The zero-order valence-corrected chi connectivity index (χ0v) is 25.8. The Kier molecular flexibility index (Phi) is 6.53. The SMILES string of the molecule is CC(C)c1cc(-c2ccccc2)cc(C(C)C)c1-n1c(-c2cccc3c2sc2cccc(P)c23)nc2ccccc21. The van der Waals surface area contributed by atoms with Gasteiger partial charge in [-0.15, -0.1) is 20.6 Å². The highest BCUT2D eigenvalue weighted by Gasteiger charge is 2.25. The summed E-state index contributed by atoms with van der Waals surface area (Å²) in [5.41, 5.74) is 9.82. The Labute approximate surface area is 247 Å². The maximum absolute atomic E-state index is 5.35. The van der Waals surface area contributed by atoms with E-state index in [2.05, 4.69) is 145 Å². The molecule has 0 aliphatic rings. The van der Waals surface area contributed by atoms with E-state index in [4.69, 9.17) is 4.98 Å². The van der Waals surface area contributed by atoms with E-state index in [0.29, 0.717) is 11.8 Å². The van der Waals surface area contributed by atoms with Crippen LogP contribution in [0.3, 0.4) is 0 Å². The molecule has 1 unspecified atom stereocenters. The van der Waals surface area contributed by atoms with Gasteiger partial charge in [0.1, 0.15) is 5.82 Å². The number of aromatic nitrogens is 2. The number of thiophene rings is 1. The lowest BCUT2D eigenvalue weighted by Crippen LogP contribution is -2.09. The Morgan fingerprint density at radius 1 is 0.707 bits per heavy atom. The lowest BCUT2D eigenvalue weighted by atomic mass is 9.88. The second-order valence-electron chi connectivity index (χ2n) is 11.4. The molecule has 1 atom stereocenters. The molecule has 0 aliphatic heterocycles. The molecule has 0 radical (unpaired) electrons. The number of nitrogens with zero attached hydrogens (tertiary/aromatic N) is 2. The number of hydrogen-bond acceptors (Lipinski definition) is 2. The molecule has 0 N–H and O–H groups in total. The molecule has 0 spiro atoms. The summed E-state index contributed by atoms with van der Waals surface area (Å²) in [4.78, 5) is 5.35. The number of imidazole rings is 1. The predicted molar refractivity (Wildman–Crippen MR) is 182 cm³/mol. The van der Waals surface area contributed by atoms with Gasteiger partial charge >= 0.3 is 0 Å². The van der Waals surface area contributed by atoms with E-state index in [9.17, 15) is 0 Å². The fraction of sp³-hybridized carbons (Fsp3) is 0.162. The molecule has 202 valence electrons. The molecular formula is C37H33N2PS. The molecule has 4 heteroatoms. The smallest absolute Gasteiger partial charge is 0.147 e. The van der Waals surface area contributed by atoms with E-state index in [-0.39, 0.29) is 0 Å². The van der Waals surface area contributed by atoms with Crippen molar-refractivity contribution in [1.82, 2.24) is 9.55 Å². The molecule has 0 fully saturated rings. The zero-order chi connectivity index (χ0) is 28.2. The number of hydrogen-bond donors (Lipinski definition) is 0. The maximum atomic E-state index is 5.35. The molecule has 0 amide bonds. The quantitative estimate of drug-likeness (QED) is 0.189. The Hall–Kier alpha value is -3.78. The summed E-state index contributed by atoms with van der Waals surface area (Å²) < 4.78 is 5.04. The summed E-state index contributed by atoms with van der Waals surface area (Å²) in [5.74, 6) is 1.67. The second-order valence-corrected chi connectivity index (χ2v) is 13.1. The number of benzene rings is 5. The normalized spacial score (nSPS) is 12.0. The Morgan fingerprint density at radius 3 is 2.12 bits per heavy atom. The van der Waals surface area contributed by atoms with E-state index >= 15 is 0 Å². The van der Waals surface area contributed by atoms with Crippen molar-refractivity contribution in [3.8, 4) is 28.2 Å². The lowest BCUT2D eigenvalue weighted by Gasteiger charge is -2.24. The van der Waals surface area contributed by atoms with Gasteiger partial charge in [-0.3, -0.25) is 4.57 Å². The van der Waals surface area contributed by atoms with Crippen LogP contribution in [0.1, 0.15) is 50.7 Å². The Balaban J connectivity index is 1.60. The van der Waals surface area contributed by atoms with Crippen molar-refractivity contribution in [1.29, 1.82) is 0 Å². The fourth-order valence-corrected chi connectivity index (χ4v) is 7.87. The van der Waals surface area contributed by atoms with Crippen LogP contribution in [-0.2, 0) is 0 Å². The first-order chi connectivity index (χ1) is 19.9. The van der Waals surface area contributed by atoms with Gasteiger partial charge in [-0.25, -0.2) is 4.98 Å². The molecule has 0 saturated carbocycles. The summed E-state index contributed by atoms with van der Waals surface area (Å²) >= 11 is 1.87. The van der Waals surface area contributed by atoms with Crippen LogP contribution in [0, 0.1) is 0 Å². The first-order valence-electron chi connectivity index (χ1n) is 14.3. The highest BCUT2D eigenvalue weighted by Crippen LogP contribution is 2.43. The van der Waals surface area contributed by atoms with Gasteiger partial charge in [0.15, 0.2) is 0 Å². The molecular weight excluding hydrogens is 535 g/mol. The van der Waals surface area contributed by atoms with Gasteiger partial charge in [0.05, 0.1) is 16.7 Å². The van der Waals surface area contributed by atoms with Gasteiger partial charge in [0.25, 0.3) is 0 Å². The third kappa shape index (κ3) is 4.31. The van der Waals surface area contributed by atoms with E-state index in [1.165, 1.54) is 59.0 Å². The number of para-hydroxylation sites is 2. The van der Waals surface area contributed by atoms with Crippen LogP contribution in [0.25, 0.3) is 59.4 Å². The number of fused-ring (bicyclic) bond motifs is 4. The van der Waals surface area contributed by atoms with Crippen LogP contribution < -0.4 is 5.30 Å². The standard InChI is InChI=1S/C37H33N2PS/c1-22(2)28-20-25(24-12-6-5-7-13-24)21-29(23(3)4)35(28)39-31-17-9-8-16-30(31)38-37(39)27-15-10-14-26-34-32(40)18-11-19-33(34)41-36(26)27/h5-23H,40H2,1-4H3. The fourth-order valence-electron chi connectivity index (χ4n) is 6.10. The van der Waals surface area contributed by atoms with Crippen molar-refractivity contribution in [2.75, 3.05) is 0 Å².